The van der Waals surface area contributed by atoms with Crippen LogP contribution in [0.3, 0.4) is 0 Å². The highest BCUT2D eigenvalue weighted by Crippen LogP contribution is 2.22. The molecule has 1 aliphatic heterocycles. The minimum Gasteiger partial charge on any atom is -0.493 e. The summed E-state index contributed by atoms with van der Waals surface area (Å²) in [5, 5.41) is 0. The average Bonchev–Trinajstić information content (AvgIpc) is 2.67. The van der Waals surface area contributed by atoms with E-state index in [1.54, 1.807) is 0 Å². The Morgan fingerprint density at radius 2 is 1.73 bits per heavy atom. The molecule has 0 aromatic heterocycles. The Morgan fingerprint density at radius 1 is 1.12 bits per heavy atom. The second-order valence-electron chi connectivity index (χ2n) is 6.78. The molecule has 1 fully saturated rings. The maximum atomic E-state index is 12.6. The van der Waals surface area contributed by atoms with Crippen LogP contribution in [0.1, 0.15) is 30.0 Å². The SMILES string of the molecule is Cc1ccc(C(N)C(=O)N2CCC(COc3ccccc3)CC2)cc1.Cl. The minimum absolute atomic E-state index is 0. The van der Waals surface area contributed by atoms with Gasteiger partial charge in [-0.1, -0.05) is 48.0 Å². The predicted octanol–water partition coefficient (Wildman–Crippen LogP) is 3.73. The van der Waals surface area contributed by atoms with Crippen LogP contribution in [0.4, 0.5) is 0 Å². The minimum atomic E-state index is -0.572. The molecular weight excluding hydrogens is 348 g/mol. The predicted molar refractivity (Wildman–Crippen MR) is 107 cm³/mol. The molecule has 5 heteroatoms. The number of ether oxygens (including phenoxy) is 1. The molecule has 1 amide bonds. The van der Waals surface area contributed by atoms with E-state index in [0.29, 0.717) is 12.5 Å². The van der Waals surface area contributed by atoms with E-state index in [4.69, 9.17) is 10.5 Å². The van der Waals surface area contributed by atoms with Crippen molar-refractivity contribution in [1.29, 1.82) is 0 Å². The first-order chi connectivity index (χ1) is 12.1. The Labute approximate surface area is 161 Å². The van der Waals surface area contributed by atoms with Gasteiger partial charge in [0.1, 0.15) is 11.8 Å². The molecule has 0 saturated carbocycles. The number of hydrogen-bond acceptors (Lipinski definition) is 3. The lowest BCUT2D eigenvalue weighted by Crippen LogP contribution is -2.44. The highest BCUT2D eigenvalue weighted by atomic mass is 35.5. The number of piperidine rings is 1. The third-order valence-corrected chi connectivity index (χ3v) is 4.86. The number of hydrogen-bond donors (Lipinski definition) is 1. The van der Waals surface area contributed by atoms with Crippen molar-refractivity contribution >= 4 is 18.3 Å². The van der Waals surface area contributed by atoms with Gasteiger partial charge in [-0.2, -0.15) is 0 Å². The van der Waals surface area contributed by atoms with Gasteiger partial charge in [0, 0.05) is 13.1 Å². The second-order valence-corrected chi connectivity index (χ2v) is 6.78. The zero-order valence-electron chi connectivity index (χ0n) is 15.1. The lowest BCUT2D eigenvalue weighted by Gasteiger charge is -2.33. The summed E-state index contributed by atoms with van der Waals surface area (Å²) in [6.07, 6.45) is 1.92. The van der Waals surface area contributed by atoms with Crippen LogP contribution in [-0.4, -0.2) is 30.5 Å². The summed E-state index contributed by atoms with van der Waals surface area (Å²) in [5.41, 5.74) is 8.22. The fraction of sp³-hybridized carbons (Fsp3) is 0.381. The zero-order chi connectivity index (χ0) is 17.6. The molecule has 1 atom stereocenters. The Kier molecular flexibility index (Phi) is 7.49. The molecule has 2 N–H and O–H groups in total. The van der Waals surface area contributed by atoms with Crippen molar-refractivity contribution in [1.82, 2.24) is 4.90 Å². The molecule has 0 aliphatic carbocycles. The van der Waals surface area contributed by atoms with Gasteiger partial charge in [-0.05, 0) is 43.4 Å². The van der Waals surface area contributed by atoms with E-state index >= 15 is 0 Å². The number of likely N-dealkylation sites (tertiary alicyclic amines) is 1. The summed E-state index contributed by atoms with van der Waals surface area (Å²) in [6, 6.07) is 17.2. The highest BCUT2D eigenvalue weighted by molar-refractivity contribution is 5.85. The van der Waals surface area contributed by atoms with E-state index in [9.17, 15) is 4.79 Å². The van der Waals surface area contributed by atoms with Gasteiger partial charge in [-0.25, -0.2) is 0 Å². The normalized spacial score (nSPS) is 15.8. The third-order valence-electron chi connectivity index (χ3n) is 4.86. The van der Waals surface area contributed by atoms with Crippen molar-refractivity contribution in [2.24, 2.45) is 11.7 Å². The van der Waals surface area contributed by atoms with Gasteiger partial charge in [0.25, 0.3) is 0 Å². The topological polar surface area (TPSA) is 55.6 Å². The number of nitrogens with two attached hydrogens (primary N) is 1. The number of carbonyl (C=O) groups is 1. The first-order valence-electron chi connectivity index (χ1n) is 8.92. The van der Waals surface area contributed by atoms with Gasteiger partial charge in [0.2, 0.25) is 5.91 Å². The van der Waals surface area contributed by atoms with Gasteiger partial charge >= 0.3 is 0 Å². The molecule has 1 saturated heterocycles. The summed E-state index contributed by atoms with van der Waals surface area (Å²) in [6.45, 7) is 4.23. The fourth-order valence-corrected chi connectivity index (χ4v) is 3.16. The van der Waals surface area contributed by atoms with E-state index in [0.717, 1.165) is 37.2 Å². The monoisotopic (exact) mass is 374 g/mol. The van der Waals surface area contributed by atoms with Gasteiger partial charge in [0.05, 0.1) is 6.61 Å². The van der Waals surface area contributed by atoms with Crippen LogP contribution in [-0.2, 0) is 4.79 Å². The Hall–Kier alpha value is -2.04. The molecule has 2 aromatic rings. The quantitative estimate of drug-likeness (QED) is 0.867. The number of aryl methyl sites for hydroxylation is 1. The lowest BCUT2D eigenvalue weighted by atomic mass is 9.96. The van der Waals surface area contributed by atoms with E-state index in [2.05, 4.69) is 0 Å². The second kappa shape index (κ2) is 9.60. The van der Waals surface area contributed by atoms with Crippen LogP contribution in [0.25, 0.3) is 0 Å². The molecule has 0 spiro atoms. The first-order valence-corrected chi connectivity index (χ1v) is 8.92. The summed E-state index contributed by atoms with van der Waals surface area (Å²) in [5.74, 6) is 1.41. The third kappa shape index (κ3) is 5.23. The molecule has 26 heavy (non-hydrogen) atoms. The molecule has 3 rings (SSSR count). The van der Waals surface area contributed by atoms with Crippen molar-refractivity contribution < 1.29 is 9.53 Å². The van der Waals surface area contributed by atoms with Crippen LogP contribution in [0.2, 0.25) is 0 Å². The van der Waals surface area contributed by atoms with E-state index < -0.39 is 6.04 Å². The highest BCUT2D eigenvalue weighted by Gasteiger charge is 2.27. The number of rotatable bonds is 5. The number of halogens is 1. The van der Waals surface area contributed by atoms with Crippen molar-refractivity contribution in [2.45, 2.75) is 25.8 Å². The number of para-hydroxylation sites is 1. The van der Waals surface area contributed by atoms with Crippen LogP contribution < -0.4 is 10.5 Å². The number of nitrogens with zero attached hydrogens (tertiary/aromatic N) is 1. The fourth-order valence-electron chi connectivity index (χ4n) is 3.16. The maximum absolute atomic E-state index is 12.6. The van der Waals surface area contributed by atoms with Crippen LogP contribution in [0.5, 0.6) is 5.75 Å². The smallest absolute Gasteiger partial charge is 0.244 e. The Balaban J connectivity index is 0.00000243. The van der Waals surface area contributed by atoms with Gasteiger partial charge < -0.3 is 15.4 Å². The average molecular weight is 375 g/mol. The van der Waals surface area contributed by atoms with Crippen molar-refractivity contribution in [3.63, 3.8) is 0 Å². The zero-order valence-corrected chi connectivity index (χ0v) is 16.0. The largest absolute Gasteiger partial charge is 0.493 e. The molecule has 4 nitrogen and oxygen atoms in total. The molecule has 140 valence electrons. The molecule has 1 aliphatic rings. The Bertz CT molecular complexity index is 683. The van der Waals surface area contributed by atoms with E-state index in [1.165, 1.54) is 5.56 Å². The molecule has 2 aromatic carbocycles. The molecule has 0 bridgehead atoms. The summed E-state index contributed by atoms with van der Waals surface area (Å²) >= 11 is 0. The molecule has 1 heterocycles. The van der Waals surface area contributed by atoms with Crippen molar-refractivity contribution in [3.05, 3.63) is 65.7 Å². The van der Waals surface area contributed by atoms with E-state index in [1.807, 2.05) is 66.4 Å². The maximum Gasteiger partial charge on any atom is 0.244 e. The van der Waals surface area contributed by atoms with Gasteiger partial charge in [-0.3, -0.25) is 4.79 Å². The number of amides is 1. The lowest BCUT2D eigenvalue weighted by molar-refractivity contribution is -0.134. The van der Waals surface area contributed by atoms with Gasteiger partial charge in [0.15, 0.2) is 0 Å². The summed E-state index contributed by atoms with van der Waals surface area (Å²) in [4.78, 5) is 14.5. The van der Waals surface area contributed by atoms with Crippen LogP contribution in [0.15, 0.2) is 54.6 Å². The number of benzene rings is 2. The van der Waals surface area contributed by atoms with Crippen LogP contribution >= 0.6 is 12.4 Å². The molecule has 0 radical (unpaired) electrons. The first kappa shape index (κ1) is 20.3. The molecule has 1 unspecified atom stereocenters. The van der Waals surface area contributed by atoms with Crippen molar-refractivity contribution in [2.75, 3.05) is 19.7 Å². The van der Waals surface area contributed by atoms with Crippen LogP contribution in [0, 0.1) is 12.8 Å². The standard InChI is InChI=1S/C21H26N2O2.ClH/c1-16-7-9-18(10-8-16)20(22)21(24)23-13-11-17(12-14-23)15-25-19-5-3-2-4-6-19;/h2-10,17,20H,11-15,22H2,1H3;1H. The van der Waals surface area contributed by atoms with Gasteiger partial charge in [-0.15, -0.1) is 12.4 Å². The summed E-state index contributed by atoms with van der Waals surface area (Å²) < 4.78 is 5.84. The van der Waals surface area contributed by atoms with Crippen molar-refractivity contribution in [3.8, 4) is 5.75 Å². The Morgan fingerprint density at radius 3 is 2.35 bits per heavy atom. The molecular formula is C21H27ClN2O2. The van der Waals surface area contributed by atoms with E-state index in [-0.39, 0.29) is 18.3 Å². The summed E-state index contributed by atoms with van der Waals surface area (Å²) in [7, 11) is 0. The number of carbonyl (C=O) groups excluding carboxylic acids is 1.